The lowest BCUT2D eigenvalue weighted by Gasteiger charge is -2.03. The van der Waals surface area contributed by atoms with Gasteiger partial charge in [-0.1, -0.05) is 90.4 Å². The lowest BCUT2D eigenvalue weighted by molar-refractivity contribution is 0.268. The maximum atomic E-state index is 9.79. The Bertz CT molecular complexity index is 169. The molecular formula is C17H33O2. The van der Waals surface area contributed by atoms with Crippen LogP contribution in [-0.4, -0.2) is 13.1 Å². The van der Waals surface area contributed by atoms with Gasteiger partial charge in [0.2, 0.25) is 0 Å². The molecule has 0 aliphatic rings. The molecule has 19 heavy (non-hydrogen) atoms. The molecule has 0 amide bonds. The van der Waals surface area contributed by atoms with Crippen molar-refractivity contribution in [3.05, 3.63) is 0 Å². The zero-order chi connectivity index (χ0) is 14.0. The molecule has 113 valence electrons. The molecule has 0 aromatic carbocycles. The van der Waals surface area contributed by atoms with Gasteiger partial charge in [0.1, 0.15) is 0 Å². The summed E-state index contributed by atoms with van der Waals surface area (Å²) in [6, 6.07) is 0. The van der Waals surface area contributed by atoms with E-state index < -0.39 is 0 Å². The quantitative estimate of drug-likeness (QED) is 0.343. The second-order valence-corrected chi connectivity index (χ2v) is 5.53. The van der Waals surface area contributed by atoms with Gasteiger partial charge < -0.3 is 4.74 Å². The first kappa shape index (κ1) is 18.5. The SMILES string of the molecule is CCCCCCCCCCCCCCCCO[C]=O. The van der Waals surface area contributed by atoms with Crippen LogP contribution in [0.15, 0.2) is 0 Å². The summed E-state index contributed by atoms with van der Waals surface area (Å²) in [6.45, 7) is 4.28. The van der Waals surface area contributed by atoms with E-state index in [4.69, 9.17) is 0 Å². The number of hydrogen-bond donors (Lipinski definition) is 0. The predicted molar refractivity (Wildman–Crippen MR) is 82.0 cm³/mol. The molecule has 1 radical (unpaired) electrons. The molecule has 0 heterocycles. The lowest BCUT2D eigenvalue weighted by Crippen LogP contribution is -1.91. The maximum absolute atomic E-state index is 9.79. The van der Waals surface area contributed by atoms with E-state index in [1.807, 2.05) is 0 Å². The third-order valence-corrected chi connectivity index (χ3v) is 3.66. The zero-order valence-corrected chi connectivity index (χ0v) is 12.9. The molecule has 0 aliphatic carbocycles. The minimum absolute atomic E-state index is 0.543. The highest BCUT2D eigenvalue weighted by molar-refractivity contribution is 5.37. The Hall–Kier alpha value is -0.530. The smallest absolute Gasteiger partial charge is 0.417 e. The average Bonchev–Trinajstić information content (AvgIpc) is 2.43. The third-order valence-electron chi connectivity index (χ3n) is 3.66. The minimum Gasteiger partial charge on any atom is -0.457 e. The molecule has 0 saturated carbocycles. The zero-order valence-electron chi connectivity index (χ0n) is 12.9. The molecule has 2 nitrogen and oxygen atoms in total. The van der Waals surface area contributed by atoms with E-state index in [1.54, 1.807) is 0 Å². The van der Waals surface area contributed by atoms with Crippen molar-refractivity contribution in [1.82, 2.24) is 0 Å². The van der Waals surface area contributed by atoms with E-state index in [2.05, 4.69) is 11.7 Å². The van der Waals surface area contributed by atoms with Gasteiger partial charge in [-0.25, -0.2) is 4.79 Å². The third kappa shape index (κ3) is 17.5. The molecule has 0 aliphatic heterocycles. The Morgan fingerprint density at radius 1 is 0.632 bits per heavy atom. The normalized spacial score (nSPS) is 10.6. The molecule has 0 fully saturated rings. The van der Waals surface area contributed by atoms with Gasteiger partial charge in [-0.15, -0.1) is 0 Å². The van der Waals surface area contributed by atoms with Crippen LogP contribution in [0.4, 0.5) is 0 Å². The van der Waals surface area contributed by atoms with Crippen LogP contribution in [0, 0.1) is 0 Å². The predicted octanol–water partition coefficient (Wildman–Crippen LogP) is 5.55. The molecule has 2 heteroatoms. The van der Waals surface area contributed by atoms with Gasteiger partial charge in [0.05, 0.1) is 6.61 Å². The van der Waals surface area contributed by atoms with Crippen molar-refractivity contribution in [1.29, 1.82) is 0 Å². The molecule has 0 bridgehead atoms. The van der Waals surface area contributed by atoms with Crippen LogP contribution in [0.3, 0.4) is 0 Å². The van der Waals surface area contributed by atoms with Crippen LogP contribution in [0.1, 0.15) is 96.8 Å². The van der Waals surface area contributed by atoms with E-state index in [0.29, 0.717) is 6.61 Å². The van der Waals surface area contributed by atoms with Crippen LogP contribution >= 0.6 is 0 Å². The van der Waals surface area contributed by atoms with Gasteiger partial charge in [0, 0.05) is 0 Å². The van der Waals surface area contributed by atoms with Gasteiger partial charge in [-0.3, -0.25) is 0 Å². The fraction of sp³-hybridized carbons (Fsp3) is 0.941. The monoisotopic (exact) mass is 269 g/mol. The topological polar surface area (TPSA) is 26.3 Å². The van der Waals surface area contributed by atoms with Gasteiger partial charge >= 0.3 is 6.47 Å². The Labute approximate surface area is 120 Å². The van der Waals surface area contributed by atoms with Crippen molar-refractivity contribution in [2.45, 2.75) is 96.8 Å². The second-order valence-electron chi connectivity index (χ2n) is 5.53. The number of unbranched alkanes of at least 4 members (excludes halogenated alkanes) is 13. The van der Waals surface area contributed by atoms with Crippen LogP contribution in [0.25, 0.3) is 0 Å². The highest BCUT2D eigenvalue weighted by Gasteiger charge is 1.94. The van der Waals surface area contributed by atoms with Crippen molar-refractivity contribution in [3.63, 3.8) is 0 Å². The van der Waals surface area contributed by atoms with Crippen molar-refractivity contribution >= 4 is 6.47 Å². The first-order valence-corrected chi connectivity index (χ1v) is 8.40. The second kappa shape index (κ2) is 17.5. The minimum atomic E-state index is 0.543. The highest BCUT2D eigenvalue weighted by atomic mass is 16.5. The molecule has 0 aromatic heterocycles. The van der Waals surface area contributed by atoms with Crippen molar-refractivity contribution in [2.24, 2.45) is 0 Å². The number of ether oxygens (including phenoxy) is 1. The Kier molecular flexibility index (Phi) is 17.0. The number of carbonyl (C=O) groups excluding carboxylic acids is 1. The van der Waals surface area contributed by atoms with E-state index in [0.717, 1.165) is 6.42 Å². The summed E-state index contributed by atoms with van der Waals surface area (Å²) in [4.78, 5) is 9.79. The van der Waals surface area contributed by atoms with Gasteiger partial charge in [0.15, 0.2) is 0 Å². The van der Waals surface area contributed by atoms with Gasteiger partial charge in [-0.2, -0.15) is 0 Å². The number of hydrogen-bond acceptors (Lipinski definition) is 2. The summed E-state index contributed by atoms with van der Waals surface area (Å²) in [5.41, 5.74) is 0. The van der Waals surface area contributed by atoms with Crippen molar-refractivity contribution in [2.75, 3.05) is 6.61 Å². The van der Waals surface area contributed by atoms with Gasteiger partial charge in [0.25, 0.3) is 0 Å². The molecule has 0 rings (SSSR count). The molecule has 0 atom stereocenters. The van der Waals surface area contributed by atoms with E-state index in [9.17, 15) is 4.79 Å². The summed E-state index contributed by atoms with van der Waals surface area (Å²) < 4.78 is 4.53. The summed E-state index contributed by atoms with van der Waals surface area (Å²) in [5, 5.41) is 0. The van der Waals surface area contributed by atoms with E-state index in [1.165, 1.54) is 89.9 Å². The van der Waals surface area contributed by atoms with Crippen LogP contribution < -0.4 is 0 Å². The molecule has 0 aromatic rings. The summed E-state index contributed by atoms with van der Waals surface area (Å²) >= 11 is 0. The summed E-state index contributed by atoms with van der Waals surface area (Å²) in [7, 11) is 0. The Morgan fingerprint density at radius 2 is 1.00 bits per heavy atom. The molecule has 0 N–H and O–H groups in total. The largest absolute Gasteiger partial charge is 0.457 e. The van der Waals surface area contributed by atoms with Crippen molar-refractivity contribution < 1.29 is 9.53 Å². The van der Waals surface area contributed by atoms with Crippen molar-refractivity contribution in [3.8, 4) is 0 Å². The molecular weight excluding hydrogens is 236 g/mol. The molecule has 0 saturated heterocycles. The number of rotatable bonds is 16. The fourth-order valence-electron chi connectivity index (χ4n) is 2.41. The van der Waals surface area contributed by atoms with E-state index >= 15 is 0 Å². The highest BCUT2D eigenvalue weighted by Crippen LogP contribution is 2.12. The standard InChI is InChI=1S/C17H33O2/c1-2-3-4-5-6-7-8-9-10-11-12-13-14-15-16-19-17-18/h2-16H2,1H3. The first-order chi connectivity index (χ1) is 9.41. The van der Waals surface area contributed by atoms with E-state index in [-0.39, 0.29) is 0 Å². The summed E-state index contributed by atoms with van der Waals surface area (Å²) in [6.07, 6.45) is 18.9. The average molecular weight is 269 g/mol. The van der Waals surface area contributed by atoms with Gasteiger partial charge in [-0.05, 0) is 6.42 Å². The van der Waals surface area contributed by atoms with Crippen LogP contribution in [0.5, 0.6) is 0 Å². The Morgan fingerprint density at radius 3 is 1.37 bits per heavy atom. The van der Waals surface area contributed by atoms with Crippen LogP contribution in [-0.2, 0) is 9.53 Å². The summed E-state index contributed by atoms with van der Waals surface area (Å²) in [5.74, 6) is 0. The fourth-order valence-corrected chi connectivity index (χ4v) is 2.41. The Balaban J connectivity index is 2.89. The lowest BCUT2D eigenvalue weighted by atomic mass is 10.0. The molecule has 0 spiro atoms. The maximum Gasteiger partial charge on any atom is 0.417 e. The molecule has 0 unspecified atom stereocenters. The van der Waals surface area contributed by atoms with Crippen LogP contribution in [0.2, 0.25) is 0 Å². The first-order valence-electron chi connectivity index (χ1n) is 8.40.